The van der Waals surface area contributed by atoms with Gasteiger partial charge in [0.25, 0.3) is 0 Å². The van der Waals surface area contributed by atoms with E-state index < -0.39 is 29.7 Å². The fraction of sp³-hybridized carbons (Fsp3) is 0.323. The molecule has 0 heterocycles. The zero-order valence-corrected chi connectivity index (χ0v) is 23.1. The number of nitrogens with one attached hydrogen (secondary N) is 2. The molecule has 39 heavy (non-hydrogen) atoms. The Morgan fingerprint density at radius 2 is 1.59 bits per heavy atom. The standard InChI is InChI=1S/C31H37N3O5/c1-21-10-9-13-24(18-21)27(28(36)32-20-23-11-7-6-8-12-23)34(5)29(37)26(33-30(38)39-31(2,3)4)19-22-14-16-25(35)17-15-22/h6-18,26-27,35H,19-20H2,1-5H3,(H,32,36)(H,33,38). The molecular weight excluding hydrogens is 494 g/mol. The highest BCUT2D eigenvalue weighted by molar-refractivity contribution is 5.92. The molecule has 0 aromatic heterocycles. The molecule has 0 saturated carbocycles. The molecule has 3 aromatic rings. The van der Waals surface area contributed by atoms with Crippen molar-refractivity contribution >= 4 is 17.9 Å². The van der Waals surface area contributed by atoms with Gasteiger partial charge in [0, 0.05) is 20.0 Å². The second kappa shape index (κ2) is 13.0. The van der Waals surface area contributed by atoms with Crippen molar-refractivity contribution in [3.05, 3.63) is 101 Å². The third-order valence-electron chi connectivity index (χ3n) is 6.02. The SMILES string of the molecule is Cc1cccc(C(C(=O)NCc2ccccc2)N(C)C(=O)C(Cc2ccc(O)cc2)NC(=O)OC(C)(C)C)c1. The van der Waals surface area contributed by atoms with Crippen molar-refractivity contribution in [3.63, 3.8) is 0 Å². The van der Waals surface area contributed by atoms with E-state index in [-0.39, 0.29) is 18.1 Å². The lowest BCUT2D eigenvalue weighted by molar-refractivity contribution is -0.140. The van der Waals surface area contributed by atoms with Crippen LogP contribution >= 0.6 is 0 Å². The predicted octanol–water partition coefficient (Wildman–Crippen LogP) is 4.65. The highest BCUT2D eigenvalue weighted by atomic mass is 16.6. The molecule has 3 aromatic carbocycles. The summed E-state index contributed by atoms with van der Waals surface area (Å²) in [6.07, 6.45) is -0.608. The lowest BCUT2D eigenvalue weighted by Crippen LogP contribution is -2.52. The van der Waals surface area contributed by atoms with Gasteiger partial charge in [-0.3, -0.25) is 9.59 Å². The second-order valence-electron chi connectivity index (χ2n) is 10.5. The number of hydrogen-bond acceptors (Lipinski definition) is 5. The van der Waals surface area contributed by atoms with Crippen LogP contribution < -0.4 is 10.6 Å². The van der Waals surface area contributed by atoms with E-state index in [1.165, 1.54) is 17.0 Å². The summed E-state index contributed by atoms with van der Waals surface area (Å²) in [6.45, 7) is 7.43. The summed E-state index contributed by atoms with van der Waals surface area (Å²) in [7, 11) is 1.55. The quantitative estimate of drug-likeness (QED) is 0.373. The van der Waals surface area contributed by atoms with Gasteiger partial charge in [0.15, 0.2) is 0 Å². The van der Waals surface area contributed by atoms with Gasteiger partial charge in [-0.1, -0.05) is 72.3 Å². The number of nitrogens with zero attached hydrogens (tertiary/aromatic N) is 1. The fourth-order valence-electron chi connectivity index (χ4n) is 4.16. The molecule has 0 spiro atoms. The molecule has 0 aliphatic carbocycles. The van der Waals surface area contributed by atoms with Crippen LogP contribution in [0.1, 0.15) is 49.1 Å². The number of alkyl carbamates (subject to hydrolysis) is 1. The van der Waals surface area contributed by atoms with Crippen LogP contribution in [0.5, 0.6) is 5.75 Å². The summed E-state index contributed by atoms with van der Waals surface area (Å²) < 4.78 is 5.41. The largest absolute Gasteiger partial charge is 0.508 e. The van der Waals surface area contributed by atoms with Crippen LogP contribution in [0.4, 0.5) is 4.79 Å². The van der Waals surface area contributed by atoms with Crippen molar-refractivity contribution < 1.29 is 24.2 Å². The van der Waals surface area contributed by atoms with E-state index >= 15 is 0 Å². The number of aryl methyl sites for hydroxylation is 1. The highest BCUT2D eigenvalue weighted by Crippen LogP contribution is 2.23. The molecule has 0 saturated heterocycles. The van der Waals surface area contributed by atoms with Gasteiger partial charge >= 0.3 is 6.09 Å². The van der Waals surface area contributed by atoms with Crippen molar-refractivity contribution in [1.29, 1.82) is 0 Å². The Balaban J connectivity index is 1.90. The van der Waals surface area contributed by atoms with Gasteiger partial charge in [0.1, 0.15) is 23.4 Å². The van der Waals surface area contributed by atoms with Crippen LogP contribution in [-0.4, -0.2) is 46.6 Å². The van der Waals surface area contributed by atoms with Gasteiger partial charge in [-0.2, -0.15) is 0 Å². The van der Waals surface area contributed by atoms with Crippen LogP contribution in [0.15, 0.2) is 78.9 Å². The first kappa shape index (κ1) is 29.2. The van der Waals surface area contributed by atoms with Gasteiger partial charge in [0.2, 0.25) is 11.8 Å². The Morgan fingerprint density at radius 3 is 2.21 bits per heavy atom. The number of benzene rings is 3. The molecule has 8 nitrogen and oxygen atoms in total. The van der Waals surface area contributed by atoms with Gasteiger partial charge in [-0.05, 0) is 56.5 Å². The normalized spacial score (nSPS) is 12.6. The van der Waals surface area contributed by atoms with Crippen LogP contribution in [0.2, 0.25) is 0 Å². The van der Waals surface area contributed by atoms with E-state index in [2.05, 4.69) is 10.6 Å². The molecule has 3 amide bonds. The van der Waals surface area contributed by atoms with Crippen molar-refractivity contribution in [2.75, 3.05) is 7.05 Å². The fourth-order valence-corrected chi connectivity index (χ4v) is 4.16. The first-order chi connectivity index (χ1) is 18.4. The van der Waals surface area contributed by atoms with Crippen molar-refractivity contribution in [2.24, 2.45) is 0 Å². The Labute approximate surface area is 230 Å². The maximum atomic E-state index is 13.9. The van der Waals surface area contributed by atoms with E-state index in [4.69, 9.17) is 4.74 Å². The molecule has 0 fully saturated rings. The summed E-state index contributed by atoms with van der Waals surface area (Å²) in [5.41, 5.74) is 2.48. The number of ether oxygens (including phenoxy) is 1. The number of amides is 3. The molecule has 206 valence electrons. The van der Waals surface area contributed by atoms with E-state index in [0.29, 0.717) is 12.1 Å². The summed E-state index contributed by atoms with van der Waals surface area (Å²) in [5, 5.41) is 15.3. The van der Waals surface area contributed by atoms with Crippen LogP contribution in [0.25, 0.3) is 0 Å². The van der Waals surface area contributed by atoms with Gasteiger partial charge in [-0.25, -0.2) is 4.79 Å². The number of rotatable bonds is 9. The first-order valence-electron chi connectivity index (χ1n) is 12.9. The zero-order chi connectivity index (χ0) is 28.6. The number of carbonyl (C=O) groups is 3. The summed E-state index contributed by atoms with van der Waals surface area (Å²) >= 11 is 0. The average molecular weight is 532 g/mol. The molecule has 2 atom stereocenters. The molecule has 0 aliphatic rings. The monoisotopic (exact) mass is 531 g/mol. The molecular formula is C31H37N3O5. The molecule has 0 radical (unpaired) electrons. The second-order valence-corrected chi connectivity index (χ2v) is 10.5. The molecule has 0 aliphatic heterocycles. The lowest BCUT2D eigenvalue weighted by Gasteiger charge is -2.32. The minimum Gasteiger partial charge on any atom is -0.508 e. The lowest BCUT2D eigenvalue weighted by atomic mass is 9.99. The molecule has 3 rings (SSSR count). The summed E-state index contributed by atoms with van der Waals surface area (Å²) in [5.74, 6) is -0.718. The highest BCUT2D eigenvalue weighted by Gasteiger charge is 2.34. The van der Waals surface area contributed by atoms with Crippen molar-refractivity contribution in [2.45, 2.75) is 58.3 Å². The number of likely N-dealkylation sites (N-methyl/N-ethyl adjacent to an activating group) is 1. The van der Waals surface area contributed by atoms with Crippen LogP contribution in [0, 0.1) is 6.92 Å². The Bertz CT molecular complexity index is 1270. The first-order valence-corrected chi connectivity index (χ1v) is 12.9. The zero-order valence-electron chi connectivity index (χ0n) is 23.1. The Hall–Kier alpha value is -4.33. The van der Waals surface area contributed by atoms with E-state index in [0.717, 1.165) is 16.7 Å². The number of phenolic OH excluding ortho intramolecular Hbond substituents is 1. The molecule has 8 heteroatoms. The van der Waals surface area contributed by atoms with Gasteiger partial charge in [0.05, 0.1) is 0 Å². The smallest absolute Gasteiger partial charge is 0.408 e. The molecule has 0 bridgehead atoms. The van der Waals surface area contributed by atoms with Crippen molar-refractivity contribution in [1.82, 2.24) is 15.5 Å². The Morgan fingerprint density at radius 1 is 0.923 bits per heavy atom. The van der Waals surface area contributed by atoms with Gasteiger partial charge in [-0.15, -0.1) is 0 Å². The molecule has 2 unspecified atom stereocenters. The maximum Gasteiger partial charge on any atom is 0.408 e. The average Bonchev–Trinajstić information content (AvgIpc) is 2.87. The van der Waals surface area contributed by atoms with Gasteiger partial charge < -0.3 is 25.4 Å². The van der Waals surface area contributed by atoms with Crippen molar-refractivity contribution in [3.8, 4) is 5.75 Å². The molecule has 3 N–H and O–H groups in total. The van der Waals surface area contributed by atoms with E-state index in [1.54, 1.807) is 46.0 Å². The van der Waals surface area contributed by atoms with Crippen LogP contribution in [0.3, 0.4) is 0 Å². The Kier molecular flexibility index (Phi) is 9.71. The maximum absolute atomic E-state index is 13.9. The van der Waals surface area contributed by atoms with E-state index in [1.807, 2.05) is 55.5 Å². The number of carbonyl (C=O) groups excluding carboxylic acids is 3. The minimum atomic E-state index is -1.02. The number of aromatic hydroxyl groups is 1. The summed E-state index contributed by atoms with van der Waals surface area (Å²) in [6, 6.07) is 21.4. The third-order valence-corrected chi connectivity index (χ3v) is 6.02. The predicted molar refractivity (Wildman–Crippen MR) is 150 cm³/mol. The van der Waals surface area contributed by atoms with E-state index in [9.17, 15) is 19.5 Å². The number of hydrogen-bond donors (Lipinski definition) is 3. The third kappa shape index (κ3) is 8.88. The topological polar surface area (TPSA) is 108 Å². The minimum absolute atomic E-state index is 0.0912. The number of phenols is 1. The summed E-state index contributed by atoms with van der Waals surface area (Å²) in [4.78, 5) is 41.5. The van der Waals surface area contributed by atoms with Crippen LogP contribution in [-0.2, 0) is 27.3 Å².